The topological polar surface area (TPSA) is 72.2 Å². The van der Waals surface area contributed by atoms with Gasteiger partial charge in [-0.05, 0) is 31.4 Å². The second-order valence-electron chi connectivity index (χ2n) is 5.08. The van der Waals surface area contributed by atoms with Crippen LogP contribution >= 0.6 is 0 Å². The van der Waals surface area contributed by atoms with Crippen molar-refractivity contribution in [1.82, 2.24) is 24.9 Å². The summed E-state index contributed by atoms with van der Waals surface area (Å²) in [6, 6.07) is 12.0. The summed E-state index contributed by atoms with van der Waals surface area (Å²) in [7, 11) is 0. The zero-order chi connectivity index (χ0) is 15.4. The highest BCUT2D eigenvalue weighted by Crippen LogP contribution is 2.03. The van der Waals surface area contributed by atoms with Crippen LogP contribution in [0.3, 0.4) is 0 Å². The van der Waals surface area contributed by atoms with Crippen molar-refractivity contribution in [2.24, 2.45) is 0 Å². The predicted octanol–water partition coefficient (Wildman–Crippen LogP) is 1.80. The Kier molecular flexibility index (Phi) is 4.09. The van der Waals surface area contributed by atoms with E-state index in [1.54, 1.807) is 10.7 Å². The highest BCUT2D eigenvalue weighted by molar-refractivity contribution is 5.90. The molecule has 0 fully saturated rings. The number of benzene rings is 1. The molecule has 0 aliphatic heterocycles. The number of aromatic nitrogens is 4. The first kappa shape index (κ1) is 14.2. The maximum atomic E-state index is 12.1. The number of amides is 1. The number of rotatable bonds is 5. The van der Waals surface area contributed by atoms with Crippen molar-refractivity contribution in [3.63, 3.8) is 0 Å². The highest BCUT2D eigenvalue weighted by Gasteiger charge is 2.13. The van der Waals surface area contributed by atoms with Gasteiger partial charge in [-0.3, -0.25) is 4.79 Å². The summed E-state index contributed by atoms with van der Waals surface area (Å²) in [4.78, 5) is 20.3. The molecule has 0 radical (unpaired) electrons. The molecule has 0 atom stereocenters. The van der Waals surface area contributed by atoms with Crippen molar-refractivity contribution in [2.75, 3.05) is 6.54 Å². The van der Waals surface area contributed by atoms with Crippen LogP contribution in [0.2, 0.25) is 0 Å². The van der Waals surface area contributed by atoms with Crippen LogP contribution in [0.1, 0.15) is 28.3 Å². The normalized spacial score (nSPS) is 10.8. The number of fused-ring (bicyclic) bond motifs is 1. The average Bonchev–Trinajstić information content (AvgIpc) is 2.98. The largest absolute Gasteiger partial charge is 0.349 e. The zero-order valence-corrected chi connectivity index (χ0v) is 12.4. The van der Waals surface area contributed by atoms with E-state index in [0.717, 1.165) is 18.5 Å². The van der Waals surface area contributed by atoms with Crippen LogP contribution < -0.4 is 5.32 Å². The van der Waals surface area contributed by atoms with Crippen molar-refractivity contribution in [3.8, 4) is 0 Å². The molecule has 1 N–H and O–H groups in total. The van der Waals surface area contributed by atoms with Gasteiger partial charge < -0.3 is 5.32 Å². The van der Waals surface area contributed by atoms with Crippen LogP contribution in [0, 0.1) is 6.92 Å². The quantitative estimate of drug-likeness (QED) is 0.728. The molecule has 3 aromatic rings. The van der Waals surface area contributed by atoms with E-state index in [1.807, 2.05) is 31.2 Å². The maximum absolute atomic E-state index is 12.1. The summed E-state index contributed by atoms with van der Waals surface area (Å²) in [6.07, 6.45) is 3.46. The highest BCUT2D eigenvalue weighted by atomic mass is 16.2. The smallest absolute Gasteiger partial charge is 0.291 e. The van der Waals surface area contributed by atoms with Crippen molar-refractivity contribution in [2.45, 2.75) is 19.8 Å². The number of aryl methyl sites for hydroxylation is 2. The number of hydrogen-bond acceptors (Lipinski definition) is 4. The molecule has 1 amide bonds. The van der Waals surface area contributed by atoms with Gasteiger partial charge in [0.15, 0.2) is 0 Å². The zero-order valence-electron chi connectivity index (χ0n) is 12.4. The van der Waals surface area contributed by atoms with Gasteiger partial charge in [0.2, 0.25) is 5.82 Å². The monoisotopic (exact) mass is 295 g/mol. The number of nitrogens with zero attached hydrogens (tertiary/aromatic N) is 4. The summed E-state index contributed by atoms with van der Waals surface area (Å²) >= 11 is 0. The molecule has 0 bridgehead atoms. The minimum atomic E-state index is -0.266. The summed E-state index contributed by atoms with van der Waals surface area (Å²) in [5, 5.41) is 7.02. The Balaban J connectivity index is 1.56. The van der Waals surface area contributed by atoms with Crippen LogP contribution in [0.15, 0.2) is 42.6 Å². The van der Waals surface area contributed by atoms with Gasteiger partial charge in [-0.15, -0.1) is 5.10 Å². The van der Waals surface area contributed by atoms with E-state index < -0.39 is 0 Å². The lowest BCUT2D eigenvalue weighted by Crippen LogP contribution is -2.26. The molecule has 3 rings (SSSR count). The molecule has 1 aromatic carbocycles. The average molecular weight is 295 g/mol. The van der Waals surface area contributed by atoms with E-state index in [9.17, 15) is 4.79 Å². The van der Waals surface area contributed by atoms with Crippen LogP contribution in [-0.2, 0) is 6.42 Å². The van der Waals surface area contributed by atoms with Crippen LogP contribution in [0.25, 0.3) is 5.78 Å². The summed E-state index contributed by atoms with van der Waals surface area (Å²) in [5.74, 6) is 0.328. The van der Waals surface area contributed by atoms with E-state index in [2.05, 4.69) is 32.5 Å². The minimum Gasteiger partial charge on any atom is -0.349 e. The Morgan fingerprint density at radius 1 is 1.23 bits per heavy atom. The second kappa shape index (κ2) is 6.34. The molecule has 6 heteroatoms. The lowest BCUT2D eigenvalue weighted by Gasteiger charge is -2.02. The molecule has 0 aliphatic carbocycles. The lowest BCUT2D eigenvalue weighted by atomic mass is 10.1. The molecular weight excluding hydrogens is 278 g/mol. The van der Waals surface area contributed by atoms with E-state index in [0.29, 0.717) is 12.3 Å². The van der Waals surface area contributed by atoms with Gasteiger partial charge in [0.1, 0.15) is 0 Å². The molecule has 6 nitrogen and oxygen atoms in total. The number of nitrogens with one attached hydrogen (secondary N) is 1. The minimum absolute atomic E-state index is 0.154. The lowest BCUT2D eigenvalue weighted by molar-refractivity contribution is 0.0943. The number of carbonyl (C=O) groups is 1. The first-order chi connectivity index (χ1) is 10.7. The number of hydrogen-bond donors (Lipinski definition) is 1. The standard InChI is InChI=1S/C16H17N5O/c1-12-9-11-18-16-19-14(20-21(12)16)15(22)17-10-5-8-13-6-3-2-4-7-13/h2-4,6-7,9,11H,5,8,10H2,1H3,(H,17,22). The Morgan fingerprint density at radius 2 is 2.05 bits per heavy atom. The fourth-order valence-electron chi connectivity index (χ4n) is 2.22. The molecule has 0 spiro atoms. The Morgan fingerprint density at radius 3 is 2.82 bits per heavy atom. The van der Waals surface area contributed by atoms with Gasteiger partial charge in [-0.1, -0.05) is 30.3 Å². The van der Waals surface area contributed by atoms with Gasteiger partial charge in [0, 0.05) is 18.4 Å². The third-order valence-electron chi connectivity index (χ3n) is 3.40. The Hall–Kier alpha value is -2.76. The van der Waals surface area contributed by atoms with Gasteiger partial charge >= 0.3 is 0 Å². The molecule has 0 saturated heterocycles. The van der Waals surface area contributed by atoms with Crippen molar-refractivity contribution < 1.29 is 4.79 Å². The third-order valence-corrected chi connectivity index (χ3v) is 3.40. The van der Waals surface area contributed by atoms with E-state index in [-0.39, 0.29) is 11.7 Å². The third kappa shape index (κ3) is 3.11. The summed E-state index contributed by atoms with van der Waals surface area (Å²) in [6.45, 7) is 2.49. The van der Waals surface area contributed by atoms with E-state index in [4.69, 9.17) is 0 Å². The van der Waals surface area contributed by atoms with E-state index >= 15 is 0 Å². The van der Waals surface area contributed by atoms with Gasteiger partial charge in [-0.2, -0.15) is 4.98 Å². The molecule has 22 heavy (non-hydrogen) atoms. The Bertz CT molecular complexity index is 782. The van der Waals surface area contributed by atoms with Gasteiger partial charge in [-0.25, -0.2) is 9.50 Å². The summed E-state index contributed by atoms with van der Waals surface area (Å²) in [5.41, 5.74) is 2.16. The molecule has 0 unspecified atom stereocenters. The van der Waals surface area contributed by atoms with E-state index in [1.165, 1.54) is 5.56 Å². The number of carbonyl (C=O) groups excluding carboxylic acids is 1. The van der Waals surface area contributed by atoms with Crippen molar-refractivity contribution in [1.29, 1.82) is 0 Å². The maximum Gasteiger partial charge on any atom is 0.291 e. The van der Waals surface area contributed by atoms with Crippen LogP contribution in [-0.4, -0.2) is 32.0 Å². The predicted molar refractivity (Wildman–Crippen MR) is 82.6 cm³/mol. The molecule has 2 aromatic heterocycles. The molecular formula is C16H17N5O. The second-order valence-corrected chi connectivity index (χ2v) is 5.08. The fourth-order valence-corrected chi connectivity index (χ4v) is 2.22. The van der Waals surface area contributed by atoms with Gasteiger partial charge in [0.25, 0.3) is 11.7 Å². The van der Waals surface area contributed by atoms with Crippen molar-refractivity contribution in [3.05, 3.63) is 59.7 Å². The fraction of sp³-hybridized carbons (Fsp3) is 0.250. The first-order valence-corrected chi connectivity index (χ1v) is 7.24. The summed E-state index contributed by atoms with van der Waals surface area (Å²) < 4.78 is 1.57. The van der Waals surface area contributed by atoms with Gasteiger partial charge in [0.05, 0.1) is 0 Å². The molecule has 2 heterocycles. The van der Waals surface area contributed by atoms with Crippen LogP contribution in [0.5, 0.6) is 0 Å². The van der Waals surface area contributed by atoms with Crippen molar-refractivity contribution >= 4 is 11.7 Å². The first-order valence-electron chi connectivity index (χ1n) is 7.24. The molecule has 0 aliphatic rings. The SMILES string of the molecule is Cc1ccnc2nc(C(=O)NCCCc3ccccc3)nn12. The Labute approximate surface area is 128 Å². The molecule has 0 saturated carbocycles. The molecule has 112 valence electrons. The van der Waals surface area contributed by atoms with Crippen LogP contribution in [0.4, 0.5) is 0 Å².